The molecule has 134 valence electrons. The highest BCUT2D eigenvalue weighted by molar-refractivity contribution is 7.13. The minimum atomic E-state index is -0.257. The lowest BCUT2D eigenvalue weighted by Gasteiger charge is -2.15. The second kappa shape index (κ2) is 8.60. The van der Waals surface area contributed by atoms with Crippen LogP contribution in [0.15, 0.2) is 48.5 Å². The number of nitrogens with one attached hydrogen (secondary N) is 1. The lowest BCUT2D eigenvalue weighted by atomic mass is 10.2. The van der Waals surface area contributed by atoms with Crippen molar-refractivity contribution in [3.63, 3.8) is 0 Å². The molecule has 1 heterocycles. The third-order valence-electron chi connectivity index (χ3n) is 3.53. The van der Waals surface area contributed by atoms with Crippen LogP contribution in [0.1, 0.15) is 20.4 Å². The molecular formula is C18H16Cl2N4OS. The van der Waals surface area contributed by atoms with E-state index in [-0.39, 0.29) is 5.91 Å². The zero-order valence-corrected chi connectivity index (χ0v) is 16.3. The van der Waals surface area contributed by atoms with Crippen LogP contribution < -0.4 is 5.32 Å². The topological polar surface area (TPSA) is 58.1 Å². The number of rotatable bonds is 6. The van der Waals surface area contributed by atoms with Crippen LogP contribution in [-0.4, -0.2) is 28.1 Å². The summed E-state index contributed by atoms with van der Waals surface area (Å²) in [4.78, 5) is 14.3. The molecule has 0 aliphatic rings. The van der Waals surface area contributed by atoms with E-state index in [1.807, 2.05) is 49.5 Å². The van der Waals surface area contributed by atoms with Crippen molar-refractivity contribution in [1.29, 1.82) is 0 Å². The van der Waals surface area contributed by atoms with E-state index in [2.05, 4.69) is 20.4 Å². The first-order valence-electron chi connectivity index (χ1n) is 7.82. The highest BCUT2D eigenvalue weighted by Gasteiger charge is 2.14. The smallest absolute Gasteiger partial charge is 0.286 e. The molecule has 0 saturated carbocycles. The maximum Gasteiger partial charge on any atom is 0.286 e. The van der Waals surface area contributed by atoms with Gasteiger partial charge < -0.3 is 5.32 Å². The molecule has 0 saturated heterocycles. The van der Waals surface area contributed by atoms with Gasteiger partial charge in [-0.25, -0.2) is 0 Å². The predicted molar refractivity (Wildman–Crippen MR) is 106 cm³/mol. The fourth-order valence-corrected chi connectivity index (χ4v) is 3.49. The predicted octanol–water partition coefficient (Wildman–Crippen LogP) is 4.73. The Hall–Kier alpha value is -1.99. The summed E-state index contributed by atoms with van der Waals surface area (Å²) in [6.45, 7) is 1.26. The van der Waals surface area contributed by atoms with Crippen molar-refractivity contribution in [3.05, 3.63) is 74.2 Å². The van der Waals surface area contributed by atoms with E-state index < -0.39 is 0 Å². The van der Waals surface area contributed by atoms with Crippen molar-refractivity contribution >= 4 is 46.1 Å². The fourth-order valence-electron chi connectivity index (χ4n) is 2.35. The highest BCUT2D eigenvalue weighted by atomic mass is 35.5. The first-order chi connectivity index (χ1) is 12.5. The third-order valence-corrected chi connectivity index (χ3v) is 5.18. The number of aromatic nitrogens is 2. The normalized spacial score (nSPS) is 10.9. The summed E-state index contributed by atoms with van der Waals surface area (Å²) in [6, 6.07) is 14.8. The Kier molecular flexibility index (Phi) is 6.21. The van der Waals surface area contributed by atoms with Gasteiger partial charge in [0.2, 0.25) is 5.01 Å². The summed E-state index contributed by atoms with van der Waals surface area (Å²) in [5.41, 5.74) is 1.78. The lowest BCUT2D eigenvalue weighted by Crippen LogP contribution is -2.17. The number of hydrogen-bond donors (Lipinski definition) is 1. The van der Waals surface area contributed by atoms with Crippen LogP contribution >= 0.6 is 34.5 Å². The first-order valence-corrected chi connectivity index (χ1v) is 9.40. The third kappa shape index (κ3) is 5.02. The van der Waals surface area contributed by atoms with Gasteiger partial charge >= 0.3 is 0 Å². The van der Waals surface area contributed by atoms with Gasteiger partial charge in [-0.15, -0.1) is 10.2 Å². The maximum absolute atomic E-state index is 12.2. The van der Waals surface area contributed by atoms with E-state index in [1.165, 1.54) is 11.3 Å². The van der Waals surface area contributed by atoms with Crippen molar-refractivity contribution in [2.24, 2.45) is 0 Å². The minimum absolute atomic E-state index is 0.257. The summed E-state index contributed by atoms with van der Waals surface area (Å²) in [5.74, 6) is -0.257. The first kappa shape index (κ1) is 18.8. The quantitative estimate of drug-likeness (QED) is 0.642. The van der Waals surface area contributed by atoms with Gasteiger partial charge in [-0.3, -0.25) is 9.69 Å². The second-order valence-corrected chi connectivity index (χ2v) is 7.62. The van der Waals surface area contributed by atoms with Crippen molar-refractivity contribution in [1.82, 2.24) is 15.1 Å². The number of carbonyl (C=O) groups is 1. The Morgan fingerprint density at radius 1 is 1.08 bits per heavy atom. The Morgan fingerprint density at radius 3 is 2.58 bits per heavy atom. The molecule has 3 rings (SSSR count). The summed E-state index contributed by atoms with van der Waals surface area (Å²) in [7, 11) is 1.97. The van der Waals surface area contributed by atoms with Crippen LogP contribution in [0.3, 0.4) is 0 Å². The molecule has 0 radical (unpaired) electrons. The average Bonchev–Trinajstić information content (AvgIpc) is 3.07. The molecule has 0 atom stereocenters. The van der Waals surface area contributed by atoms with Crippen molar-refractivity contribution in [2.75, 3.05) is 12.4 Å². The average molecular weight is 407 g/mol. The van der Waals surface area contributed by atoms with Crippen molar-refractivity contribution in [2.45, 2.75) is 13.1 Å². The molecule has 0 unspecified atom stereocenters. The van der Waals surface area contributed by atoms with E-state index in [0.29, 0.717) is 28.1 Å². The molecular weight excluding hydrogens is 391 g/mol. The molecule has 0 fully saturated rings. The van der Waals surface area contributed by atoms with Gasteiger partial charge in [-0.05, 0) is 36.9 Å². The van der Waals surface area contributed by atoms with Crippen molar-refractivity contribution < 1.29 is 4.79 Å². The number of para-hydroxylation sites is 1. The van der Waals surface area contributed by atoms with Crippen LogP contribution in [0.25, 0.3) is 0 Å². The number of anilines is 1. The van der Waals surface area contributed by atoms with Crippen LogP contribution in [0.2, 0.25) is 10.0 Å². The molecule has 26 heavy (non-hydrogen) atoms. The molecule has 1 aromatic heterocycles. The summed E-state index contributed by atoms with van der Waals surface area (Å²) in [5, 5.41) is 13.1. The number of carbonyl (C=O) groups excluding carboxylic acids is 1. The Morgan fingerprint density at radius 2 is 1.85 bits per heavy atom. The SMILES string of the molecule is CN(Cc1ccc(Cl)c(Cl)c1)Cc1nnc(C(=O)Nc2ccccc2)s1. The highest BCUT2D eigenvalue weighted by Crippen LogP contribution is 2.23. The van der Waals surface area contributed by atoms with E-state index in [9.17, 15) is 4.79 Å². The second-order valence-electron chi connectivity index (χ2n) is 5.74. The van der Waals surface area contributed by atoms with Crippen LogP contribution in [0.5, 0.6) is 0 Å². The number of benzene rings is 2. The number of nitrogens with zero attached hydrogens (tertiary/aromatic N) is 3. The number of halogens is 2. The lowest BCUT2D eigenvalue weighted by molar-refractivity contribution is 0.102. The molecule has 5 nitrogen and oxygen atoms in total. The van der Waals surface area contributed by atoms with Crippen LogP contribution in [0, 0.1) is 0 Å². The Labute approximate surface area is 165 Å². The van der Waals surface area contributed by atoms with E-state index in [1.54, 1.807) is 6.07 Å². The molecule has 0 aliphatic heterocycles. The summed E-state index contributed by atoms with van der Waals surface area (Å²) >= 11 is 13.3. The molecule has 0 spiro atoms. The zero-order chi connectivity index (χ0) is 18.5. The molecule has 0 aliphatic carbocycles. The van der Waals surface area contributed by atoms with Crippen LogP contribution in [-0.2, 0) is 13.1 Å². The number of amides is 1. The van der Waals surface area contributed by atoms with Gasteiger partial charge in [0.1, 0.15) is 5.01 Å². The molecule has 3 aromatic rings. The Balaban J connectivity index is 1.58. The van der Waals surface area contributed by atoms with Gasteiger partial charge in [0.25, 0.3) is 5.91 Å². The zero-order valence-electron chi connectivity index (χ0n) is 13.9. The van der Waals surface area contributed by atoms with E-state index in [0.717, 1.165) is 16.3 Å². The molecule has 1 N–H and O–H groups in total. The fraction of sp³-hybridized carbons (Fsp3) is 0.167. The number of hydrogen-bond acceptors (Lipinski definition) is 5. The molecule has 1 amide bonds. The monoisotopic (exact) mass is 406 g/mol. The van der Waals surface area contributed by atoms with Gasteiger partial charge in [-0.1, -0.05) is 58.8 Å². The molecule has 2 aromatic carbocycles. The van der Waals surface area contributed by atoms with Gasteiger partial charge in [-0.2, -0.15) is 0 Å². The molecule has 0 bridgehead atoms. The van der Waals surface area contributed by atoms with Gasteiger partial charge in [0.15, 0.2) is 0 Å². The Bertz CT molecular complexity index is 901. The molecule has 8 heteroatoms. The minimum Gasteiger partial charge on any atom is -0.320 e. The summed E-state index contributed by atoms with van der Waals surface area (Å²) < 4.78 is 0. The van der Waals surface area contributed by atoms with Gasteiger partial charge in [0, 0.05) is 12.2 Å². The standard InChI is InChI=1S/C18H16Cl2N4OS/c1-24(10-12-7-8-14(19)15(20)9-12)11-16-22-23-18(26-16)17(25)21-13-5-3-2-4-6-13/h2-9H,10-11H2,1H3,(H,21,25). The summed E-state index contributed by atoms with van der Waals surface area (Å²) in [6.07, 6.45) is 0. The largest absolute Gasteiger partial charge is 0.320 e. The van der Waals surface area contributed by atoms with Gasteiger partial charge in [0.05, 0.1) is 16.6 Å². The van der Waals surface area contributed by atoms with Crippen molar-refractivity contribution in [3.8, 4) is 0 Å². The van der Waals surface area contributed by atoms with E-state index in [4.69, 9.17) is 23.2 Å². The van der Waals surface area contributed by atoms with Crippen LogP contribution in [0.4, 0.5) is 5.69 Å². The van der Waals surface area contributed by atoms with E-state index >= 15 is 0 Å². The maximum atomic E-state index is 12.2.